The minimum atomic E-state index is -0.281. The standard InChI is InChI=1S/C8H8ClFN2/c9-8-3-5(6(10)4-12-8)7-1-2-11-7/h3-4,7,11H,1-2H2. The highest BCUT2D eigenvalue weighted by molar-refractivity contribution is 6.29. The second-order valence-corrected chi connectivity index (χ2v) is 3.21. The molecule has 12 heavy (non-hydrogen) atoms. The fourth-order valence-electron chi connectivity index (χ4n) is 1.25. The van der Waals surface area contributed by atoms with Gasteiger partial charge < -0.3 is 5.32 Å². The van der Waals surface area contributed by atoms with E-state index >= 15 is 0 Å². The predicted octanol–water partition coefficient (Wildman–Crippen LogP) is 1.91. The molecule has 1 fully saturated rings. The van der Waals surface area contributed by atoms with Gasteiger partial charge in [-0.2, -0.15) is 0 Å². The monoisotopic (exact) mass is 186 g/mol. The Morgan fingerprint density at radius 1 is 1.67 bits per heavy atom. The maximum Gasteiger partial charge on any atom is 0.146 e. The first-order valence-corrected chi connectivity index (χ1v) is 4.19. The number of halogens is 2. The Bertz CT molecular complexity index is 299. The van der Waals surface area contributed by atoms with Crippen LogP contribution in [0.2, 0.25) is 5.15 Å². The van der Waals surface area contributed by atoms with Crippen LogP contribution in [-0.2, 0) is 0 Å². The molecule has 1 aromatic rings. The van der Waals surface area contributed by atoms with Crippen molar-refractivity contribution in [2.24, 2.45) is 0 Å². The number of hydrogen-bond donors (Lipinski definition) is 1. The quantitative estimate of drug-likeness (QED) is 0.678. The highest BCUT2D eigenvalue weighted by atomic mass is 35.5. The Morgan fingerprint density at radius 3 is 3.00 bits per heavy atom. The number of pyridine rings is 1. The van der Waals surface area contributed by atoms with Gasteiger partial charge in [0.2, 0.25) is 0 Å². The second-order valence-electron chi connectivity index (χ2n) is 2.82. The van der Waals surface area contributed by atoms with Crippen molar-refractivity contribution in [1.29, 1.82) is 0 Å². The third kappa shape index (κ3) is 1.30. The van der Waals surface area contributed by atoms with Gasteiger partial charge in [-0.25, -0.2) is 9.37 Å². The van der Waals surface area contributed by atoms with Gasteiger partial charge in [0.15, 0.2) is 0 Å². The van der Waals surface area contributed by atoms with Gasteiger partial charge in [0, 0.05) is 11.6 Å². The largest absolute Gasteiger partial charge is 0.310 e. The van der Waals surface area contributed by atoms with Crippen molar-refractivity contribution in [3.05, 3.63) is 28.8 Å². The van der Waals surface area contributed by atoms with Crippen LogP contribution < -0.4 is 5.32 Å². The van der Waals surface area contributed by atoms with E-state index in [4.69, 9.17) is 11.6 Å². The smallest absolute Gasteiger partial charge is 0.146 e. The van der Waals surface area contributed by atoms with E-state index in [0.29, 0.717) is 10.7 Å². The van der Waals surface area contributed by atoms with Crippen molar-refractivity contribution in [2.75, 3.05) is 6.54 Å². The summed E-state index contributed by atoms with van der Waals surface area (Å²) in [7, 11) is 0. The Labute approximate surface area is 74.8 Å². The van der Waals surface area contributed by atoms with Crippen molar-refractivity contribution in [1.82, 2.24) is 10.3 Å². The molecule has 2 heterocycles. The zero-order valence-corrected chi connectivity index (χ0v) is 7.11. The van der Waals surface area contributed by atoms with Crippen molar-refractivity contribution in [3.63, 3.8) is 0 Å². The van der Waals surface area contributed by atoms with Gasteiger partial charge in [0.1, 0.15) is 11.0 Å². The summed E-state index contributed by atoms with van der Waals surface area (Å²) in [4.78, 5) is 3.64. The van der Waals surface area contributed by atoms with Gasteiger partial charge in [0.25, 0.3) is 0 Å². The van der Waals surface area contributed by atoms with Crippen LogP contribution >= 0.6 is 11.6 Å². The Kier molecular flexibility index (Phi) is 1.98. The lowest BCUT2D eigenvalue weighted by molar-refractivity contribution is 0.369. The number of nitrogens with zero attached hydrogens (tertiary/aromatic N) is 1. The molecule has 0 saturated carbocycles. The van der Waals surface area contributed by atoms with Gasteiger partial charge in [0.05, 0.1) is 6.20 Å². The molecule has 2 nitrogen and oxygen atoms in total. The van der Waals surface area contributed by atoms with E-state index < -0.39 is 0 Å². The normalized spacial score (nSPS) is 22.0. The van der Waals surface area contributed by atoms with E-state index in [1.54, 1.807) is 6.07 Å². The van der Waals surface area contributed by atoms with Crippen LogP contribution in [-0.4, -0.2) is 11.5 Å². The molecule has 0 spiro atoms. The van der Waals surface area contributed by atoms with Crippen LogP contribution in [0.25, 0.3) is 0 Å². The topological polar surface area (TPSA) is 24.9 Å². The van der Waals surface area contributed by atoms with Gasteiger partial charge in [-0.05, 0) is 19.0 Å². The summed E-state index contributed by atoms with van der Waals surface area (Å²) < 4.78 is 13.1. The van der Waals surface area contributed by atoms with Crippen LogP contribution in [0.15, 0.2) is 12.3 Å². The third-order valence-electron chi connectivity index (χ3n) is 2.05. The molecule has 1 saturated heterocycles. The second kappa shape index (κ2) is 2.99. The molecule has 0 amide bonds. The summed E-state index contributed by atoms with van der Waals surface area (Å²) in [5.41, 5.74) is 0.626. The Morgan fingerprint density at radius 2 is 2.42 bits per heavy atom. The third-order valence-corrected chi connectivity index (χ3v) is 2.26. The van der Waals surface area contributed by atoms with Crippen LogP contribution in [0, 0.1) is 5.82 Å². The van der Waals surface area contributed by atoms with Crippen LogP contribution in [0.1, 0.15) is 18.0 Å². The first-order valence-electron chi connectivity index (χ1n) is 3.81. The summed E-state index contributed by atoms with van der Waals surface area (Å²) in [6.07, 6.45) is 2.13. The lowest BCUT2D eigenvalue weighted by Crippen LogP contribution is -2.35. The fraction of sp³-hybridized carbons (Fsp3) is 0.375. The van der Waals surface area contributed by atoms with Crippen molar-refractivity contribution >= 4 is 11.6 Å². The molecule has 2 rings (SSSR count). The summed E-state index contributed by atoms with van der Waals surface area (Å²) in [5, 5.41) is 3.45. The first-order chi connectivity index (χ1) is 5.77. The molecule has 64 valence electrons. The first kappa shape index (κ1) is 7.95. The van der Waals surface area contributed by atoms with E-state index in [1.165, 1.54) is 0 Å². The van der Waals surface area contributed by atoms with E-state index in [2.05, 4.69) is 10.3 Å². The van der Waals surface area contributed by atoms with Gasteiger partial charge in [-0.15, -0.1) is 0 Å². The maximum absolute atomic E-state index is 13.1. The molecule has 1 atom stereocenters. The molecule has 1 N–H and O–H groups in total. The lowest BCUT2D eigenvalue weighted by atomic mass is 9.99. The maximum atomic E-state index is 13.1. The zero-order valence-electron chi connectivity index (χ0n) is 6.35. The highest BCUT2D eigenvalue weighted by Crippen LogP contribution is 2.26. The molecule has 1 aliphatic heterocycles. The van der Waals surface area contributed by atoms with Crippen molar-refractivity contribution < 1.29 is 4.39 Å². The molecular formula is C8H8ClFN2. The molecule has 1 aromatic heterocycles. The molecule has 4 heteroatoms. The van der Waals surface area contributed by atoms with Gasteiger partial charge >= 0.3 is 0 Å². The number of aromatic nitrogens is 1. The number of nitrogens with one attached hydrogen (secondary N) is 1. The molecule has 0 aromatic carbocycles. The van der Waals surface area contributed by atoms with E-state index in [9.17, 15) is 4.39 Å². The molecule has 0 aliphatic carbocycles. The summed E-state index contributed by atoms with van der Waals surface area (Å²) in [6, 6.07) is 1.71. The lowest BCUT2D eigenvalue weighted by Gasteiger charge is -2.28. The summed E-state index contributed by atoms with van der Waals surface area (Å²) in [6.45, 7) is 0.948. The van der Waals surface area contributed by atoms with Crippen LogP contribution in [0.5, 0.6) is 0 Å². The highest BCUT2D eigenvalue weighted by Gasteiger charge is 2.21. The minimum absolute atomic E-state index is 0.130. The molecule has 0 radical (unpaired) electrons. The summed E-state index contributed by atoms with van der Waals surface area (Å²) in [5.74, 6) is -0.281. The number of rotatable bonds is 1. The zero-order chi connectivity index (χ0) is 8.55. The molecular weight excluding hydrogens is 179 g/mol. The van der Waals surface area contributed by atoms with Crippen LogP contribution in [0.4, 0.5) is 4.39 Å². The Hall–Kier alpha value is -0.670. The Balaban J connectivity index is 2.34. The molecule has 0 bridgehead atoms. The SMILES string of the molecule is Fc1cnc(Cl)cc1C1CCN1. The summed E-state index contributed by atoms with van der Waals surface area (Å²) >= 11 is 5.64. The van der Waals surface area contributed by atoms with E-state index in [1.807, 2.05) is 0 Å². The van der Waals surface area contributed by atoms with E-state index in [-0.39, 0.29) is 11.9 Å². The fourth-order valence-corrected chi connectivity index (χ4v) is 1.41. The average Bonchev–Trinajstić information content (AvgIpc) is 1.93. The van der Waals surface area contributed by atoms with E-state index in [0.717, 1.165) is 19.2 Å². The number of hydrogen-bond acceptors (Lipinski definition) is 2. The minimum Gasteiger partial charge on any atom is -0.310 e. The van der Waals surface area contributed by atoms with Crippen molar-refractivity contribution in [3.8, 4) is 0 Å². The predicted molar refractivity (Wildman–Crippen MR) is 44.6 cm³/mol. The molecule has 1 unspecified atom stereocenters. The van der Waals surface area contributed by atoms with Gasteiger partial charge in [-0.1, -0.05) is 11.6 Å². The molecule has 1 aliphatic rings. The van der Waals surface area contributed by atoms with Crippen LogP contribution in [0.3, 0.4) is 0 Å². The van der Waals surface area contributed by atoms with Crippen molar-refractivity contribution in [2.45, 2.75) is 12.5 Å². The average molecular weight is 187 g/mol. The van der Waals surface area contributed by atoms with Gasteiger partial charge in [-0.3, -0.25) is 0 Å².